The van der Waals surface area contributed by atoms with E-state index in [0.29, 0.717) is 17.7 Å². The Labute approximate surface area is 166 Å². The monoisotopic (exact) mass is 419 g/mol. The molecule has 5 rings (SSSR count). The first kappa shape index (κ1) is 18.5. The molecule has 2 N–H and O–H groups in total. The first-order valence-electron chi connectivity index (χ1n) is 9.13. The molecule has 5 heterocycles. The summed E-state index contributed by atoms with van der Waals surface area (Å²) in [7, 11) is 1.47. The topological polar surface area (TPSA) is 107 Å². The van der Waals surface area contributed by atoms with Gasteiger partial charge < -0.3 is 10.6 Å². The molecule has 156 valence electrons. The Balaban J connectivity index is 1.61. The highest BCUT2D eigenvalue weighted by molar-refractivity contribution is 5.73. The minimum Gasteiger partial charge on any atom is -0.320 e. The zero-order valence-electron chi connectivity index (χ0n) is 15.7. The Morgan fingerprint density at radius 3 is 2.97 bits per heavy atom. The Kier molecular flexibility index (Phi) is 4.03. The molecule has 0 amide bonds. The lowest BCUT2D eigenvalue weighted by molar-refractivity contribution is -0.0658. The Hall–Kier alpha value is -3.48. The van der Waals surface area contributed by atoms with Gasteiger partial charge in [-0.3, -0.25) is 9.13 Å². The van der Waals surface area contributed by atoms with Gasteiger partial charge >= 0.3 is 5.69 Å². The number of nitrogens with zero attached hydrogens (tertiary/aromatic N) is 7. The second-order valence-electron chi connectivity index (χ2n) is 7.08. The Morgan fingerprint density at radius 2 is 2.17 bits per heavy atom. The summed E-state index contributed by atoms with van der Waals surface area (Å²) < 4.78 is 47.0. The number of nitrogens with one attached hydrogen (secondary N) is 2. The van der Waals surface area contributed by atoms with Crippen LogP contribution in [0.1, 0.15) is 12.5 Å². The third-order valence-corrected chi connectivity index (χ3v) is 5.20. The second-order valence-corrected chi connectivity index (χ2v) is 7.08. The van der Waals surface area contributed by atoms with E-state index in [-0.39, 0.29) is 23.7 Å². The molecule has 0 saturated carbocycles. The maximum atomic E-state index is 14.5. The zero-order valence-corrected chi connectivity index (χ0v) is 15.7. The van der Waals surface area contributed by atoms with Gasteiger partial charge in [-0.15, -0.1) is 0 Å². The molecule has 1 atom stereocenters. The summed E-state index contributed by atoms with van der Waals surface area (Å²) in [4.78, 5) is 25.0. The summed E-state index contributed by atoms with van der Waals surface area (Å²) in [5.74, 6) is -3.79. The van der Waals surface area contributed by atoms with Crippen molar-refractivity contribution in [1.29, 1.82) is 0 Å². The molecule has 30 heavy (non-hydrogen) atoms. The molecule has 4 aromatic heterocycles. The number of anilines is 2. The number of alkyl halides is 2. The third kappa shape index (κ3) is 2.81. The van der Waals surface area contributed by atoms with Crippen molar-refractivity contribution in [2.24, 2.45) is 7.05 Å². The zero-order chi connectivity index (χ0) is 21.0. The molecule has 4 aromatic rings. The average Bonchev–Trinajstić information content (AvgIpc) is 3.25. The maximum absolute atomic E-state index is 14.5. The molecule has 0 unspecified atom stereocenters. The van der Waals surface area contributed by atoms with Gasteiger partial charge in [0.1, 0.15) is 17.9 Å². The number of piperidine rings is 1. The van der Waals surface area contributed by atoms with Crippen LogP contribution in [-0.4, -0.2) is 52.7 Å². The summed E-state index contributed by atoms with van der Waals surface area (Å²) >= 11 is 0. The molecule has 0 bridgehead atoms. The van der Waals surface area contributed by atoms with Gasteiger partial charge in [-0.25, -0.2) is 32.4 Å². The third-order valence-electron chi connectivity index (χ3n) is 5.20. The van der Waals surface area contributed by atoms with E-state index in [1.165, 1.54) is 40.9 Å². The number of halogens is 3. The lowest BCUT2D eigenvalue weighted by atomic mass is 10.0. The molecule has 0 radical (unpaired) electrons. The van der Waals surface area contributed by atoms with Crippen molar-refractivity contribution >= 4 is 28.4 Å². The fraction of sp³-hybridized carbons (Fsp3) is 0.353. The number of hydrogen-bond donors (Lipinski definition) is 2. The predicted octanol–water partition coefficient (Wildman–Crippen LogP) is 1.23. The molecular formula is C17H16F3N9O. The van der Waals surface area contributed by atoms with Gasteiger partial charge in [-0.05, 0) is 13.0 Å². The lowest BCUT2D eigenvalue weighted by Crippen LogP contribution is -2.49. The van der Waals surface area contributed by atoms with Crippen LogP contribution < -0.4 is 16.3 Å². The fourth-order valence-corrected chi connectivity index (χ4v) is 3.67. The SMILES string of the molecule is Cn1c(=O)n([C@@H]2CCNCC2(F)F)c2nc(Nc3cn4ncnc4cc3F)ncc21. The number of imidazole rings is 1. The van der Waals surface area contributed by atoms with Gasteiger partial charge in [-0.1, -0.05) is 0 Å². The molecule has 0 spiro atoms. The summed E-state index contributed by atoms with van der Waals surface area (Å²) in [5.41, 5.74) is 0.0722. The minimum atomic E-state index is -3.13. The highest BCUT2D eigenvalue weighted by atomic mass is 19.3. The first-order valence-corrected chi connectivity index (χ1v) is 9.13. The van der Waals surface area contributed by atoms with Crippen LogP contribution in [0, 0.1) is 5.82 Å². The predicted molar refractivity (Wildman–Crippen MR) is 100 cm³/mol. The van der Waals surface area contributed by atoms with Gasteiger partial charge in [0.15, 0.2) is 17.1 Å². The normalized spacial score (nSPS) is 18.9. The van der Waals surface area contributed by atoms with E-state index in [1.54, 1.807) is 0 Å². The number of aryl methyl sites for hydroxylation is 1. The van der Waals surface area contributed by atoms with Gasteiger partial charge in [0.05, 0.1) is 24.6 Å². The largest absolute Gasteiger partial charge is 0.330 e. The molecule has 1 saturated heterocycles. The van der Waals surface area contributed by atoms with Crippen LogP contribution in [0.2, 0.25) is 0 Å². The number of pyridine rings is 1. The molecule has 1 fully saturated rings. The quantitative estimate of drug-likeness (QED) is 0.514. The molecule has 13 heteroatoms. The number of rotatable bonds is 3. The van der Waals surface area contributed by atoms with Crippen molar-refractivity contribution in [2.75, 3.05) is 18.4 Å². The minimum absolute atomic E-state index is 0.0179. The number of hydrogen-bond acceptors (Lipinski definition) is 7. The second kappa shape index (κ2) is 6.52. The molecule has 1 aliphatic rings. The van der Waals surface area contributed by atoms with Crippen LogP contribution in [0.3, 0.4) is 0 Å². The van der Waals surface area contributed by atoms with Crippen molar-refractivity contribution in [3.8, 4) is 0 Å². The number of aromatic nitrogens is 7. The van der Waals surface area contributed by atoms with E-state index in [9.17, 15) is 18.0 Å². The van der Waals surface area contributed by atoms with Crippen molar-refractivity contribution in [1.82, 2.24) is 39.0 Å². The van der Waals surface area contributed by atoms with Crippen LogP contribution in [0.5, 0.6) is 0 Å². The molecule has 10 nitrogen and oxygen atoms in total. The van der Waals surface area contributed by atoms with Crippen molar-refractivity contribution in [3.63, 3.8) is 0 Å². The summed E-state index contributed by atoms with van der Waals surface area (Å²) in [6, 6.07) is -0.164. The van der Waals surface area contributed by atoms with Crippen LogP contribution in [0.25, 0.3) is 16.8 Å². The van der Waals surface area contributed by atoms with E-state index in [1.807, 2.05) is 0 Å². The smallest absolute Gasteiger partial charge is 0.320 e. The standard InChI is InChI=1S/C17H16F3N9O/c1-27-11-5-22-15(25-10-6-28-13(4-9(10)18)23-8-24-28)26-14(11)29(16(27)30)12-2-3-21-7-17(12,19)20/h4-6,8,12,21H,2-3,7H2,1H3,(H,22,25,26)/t12-/m1/s1. The van der Waals surface area contributed by atoms with Crippen molar-refractivity contribution < 1.29 is 13.2 Å². The van der Waals surface area contributed by atoms with E-state index >= 15 is 0 Å². The fourth-order valence-electron chi connectivity index (χ4n) is 3.67. The van der Waals surface area contributed by atoms with Crippen LogP contribution in [0.4, 0.5) is 24.8 Å². The van der Waals surface area contributed by atoms with Crippen molar-refractivity contribution in [2.45, 2.75) is 18.4 Å². The summed E-state index contributed by atoms with van der Waals surface area (Å²) in [5, 5.41) is 9.29. The van der Waals surface area contributed by atoms with Gasteiger partial charge in [-0.2, -0.15) is 10.1 Å². The van der Waals surface area contributed by atoms with Crippen LogP contribution in [0.15, 0.2) is 29.6 Å². The van der Waals surface area contributed by atoms with Gasteiger partial charge in [0.2, 0.25) is 5.95 Å². The highest BCUT2D eigenvalue weighted by Gasteiger charge is 2.44. The van der Waals surface area contributed by atoms with E-state index < -0.39 is 30.0 Å². The van der Waals surface area contributed by atoms with Gasteiger partial charge in [0, 0.05) is 13.1 Å². The Morgan fingerprint density at radius 1 is 1.33 bits per heavy atom. The lowest BCUT2D eigenvalue weighted by Gasteiger charge is -2.32. The van der Waals surface area contributed by atoms with Crippen LogP contribution in [-0.2, 0) is 7.05 Å². The maximum Gasteiger partial charge on any atom is 0.330 e. The molecule has 0 aromatic carbocycles. The van der Waals surface area contributed by atoms with Crippen molar-refractivity contribution in [3.05, 3.63) is 41.1 Å². The number of fused-ring (bicyclic) bond motifs is 2. The summed E-state index contributed by atoms with van der Waals surface area (Å²) in [6.07, 6.45) is 4.05. The highest BCUT2D eigenvalue weighted by Crippen LogP contribution is 2.34. The molecule has 1 aliphatic heterocycles. The first-order chi connectivity index (χ1) is 14.3. The van der Waals surface area contributed by atoms with E-state index in [0.717, 1.165) is 4.57 Å². The average molecular weight is 419 g/mol. The van der Waals surface area contributed by atoms with Gasteiger partial charge in [0.25, 0.3) is 5.92 Å². The Bertz CT molecular complexity index is 1330. The van der Waals surface area contributed by atoms with Crippen LogP contribution >= 0.6 is 0 Å². The van der Waals surface area contributed by atoms with E-state index in [2.05, 4.69) is 30.7 Å². The van der Waals surface area contributed by atoms with E-state index in [4.69, 9.17) is 0 Å². The summed E-state index contributed by atoms with van der Waals surface area (Å²) in [6.45, 7) is -0.178. The molecular weight excluding hydrogens is 403 g/mol. The molecule has 0 aliphatic carbocycles.